The molecule has 30 heavy (non-hydrogen) atoms. The minimum Gasteiger partial charge on any atom is -0.208 e. The summed E-state index contributed by atoms with van der Waals surface area (Å²) in [6.45, 7) is 0. The van der Waals surface area contributed by atoms with Crippen molar-refractivity contribution in [2.24, 2.45) is 0 Å². The molecule has 9 heteroatoms. The molecule has 0 unspecified atom stereocenters. The lowest BCUT2D eigenvalue weighted by atomic mass is 10.0. The lowest BCUT2D eigenvalue weighted by molar-refractivity contribution is 0.381. The molecule has 0 bridgehead atoms. The van der Waals surface area contributed by atoms with E-state index in [2.05, 4.69) is 15.0 Å². The minimum atomic E-state index is -2.21. The second-order valence-corrected chi connectivity index (χ2v) is 6.48. The molecule has 0 amide bonds. The van der Waals surface area contributed by atoms with Gasteiger partial charge in [0.1, 0.15) is 0 Å². The van der Waals surface area contributed by atoms with Gasteiger partial charge in [-0.25, -0.2) is 26.9 Å². The van der Waals surface area contributed by atoms with Crippen molar-refractivity contribution in [2.75, 3.05) is 0 Å². The smallest absolute Gasteiger partial charge is 0.208 e. The zero-order valence-electron chi connectivity index (χ0n) is 14.8. The van der Waals surface area contributed by atoms with Crippen LogP contribution in [0.1, 0.15) is 0 Å². The minimum absolute atomic E-state index is 0.0669. The molecular weight excluding hydrogens is 425 g/mol. The van der Waals surface area contributed by atoms with Crippen LogP contribution in [0.15, 0.2) is 54.6 Å². The van der Waals surface area contributed by atoms with Crippen LogP contribution in [0.5, 0.6) is 0 Å². The third-order valence-corrected chi connectivity index (χ3v) is 4.45. The predicted molar refractivity (Wildman–Crippen MR) is 101 cm³/mol. The Morgan fingerprint density at radius 3 is 1.47 bits per heavy atom. The first kappa shape index (κ1) is 19.9. The van der Waals surface area contributed by atoms with Gasteiger partial charge in [0.15, 0.2) is 34.9 Å². The van der Waals surface area contributed by atoms with Gasteiger partial charge in [-0.05, 0) is 17.2 Å². The van der Waals surface area contributed by atoms with Gasteiger partial charge >= 0.3 is 0 Å². The third kappa shape index (κ3) is 3.50. The van der Waals surface area contributed by atoms with E-state index >= 15 is 0 Å². The molecule has 4 rings (SSSR count). The maximum atomic E-state index is 14.0. The van der Waals surface area contributed by atoms with Gasteiger partial charge in [0.25, 0.3) is 0 Å². The molecule has 0 saturated heterocycles. The number of aromatic nitrogens is 3. The molecule has 150 valence electrons. The maximum Gasteiger partial charge on any atom is 0.226 e. The Hall–Kier alpha value is -3.39. The number of hydrogen-bond acceptors (Lipinski definition) is 3. The van der Waals surface area contributed by atoms with Crippen LogP contribution < -0.4 is 0 Å². The Kier molecular flexibility index (Phi) is 5.17. The van der Waals surface area contributed by atoms with E-state index in [1.165, 1.54) is 24.3 Å². The highest BCUT2D eigenvalue weighted by Crippen LogP contribution is 2.32. The van der Waals surface area contributed by atoms with E-state index < -0.39 is 34.6 Å². The van der Waals surface area contributed by atoms with Gasteiger partial charge in [-0.1, -0.05) is 54.6 Å². The van der Waals surface area contributed by atoms with Crippen LogP contribution in [0.2, 0.25) is 5.28 Å². The Balaban J connectivity index is 1.77. The van der Waals surface area contributed by atoms with Gasteiger partial charge in [0, 0.05) is 11.1 Å². The van der Waals surface area contributed by atoms with Crippen molar-refractivity contribution in [1.82, 2.24) is 15.0 Å². The van der Waals surface area contributed by atoms with Crippen LogP contribution >= 0.6 is 11.6 Å². The van der Waals surface area contributed by atoms with E-state index in [1.807, 2.05) is 6.07 Å². The molecule has 0 saturated carbocycles. The van der Waals surface area contributed by atoms with Gasteiger partial charge in [0.2, 0.25) is 11.1 Å². The first-order valence-corrected chi connectivity index (χ1v) is 8.84. The Morgan fingerprint density at radius 1 is 0.500 bits per heavy atom. The molecule has 0 aliphatic carbocycles. The molecule has 0 N–H and O–H groups in total. The summed E-state index contributed by atoms with van der Waals surface area (Å²) >= 11 is 5.99. The Bertz CT molecular complexity index is 1220. The molecule has 0 atom stereocenters. The zero-order valence-corrected chi connectivity index (χ0v) is 15.6. The van der Waals surface area contributed by atoms with E-state index in [0.29, 0.717) is 17.0 Å². The Labute approximate surface area is 171 Å². The van der Waals surface area contributed by atoms with Gasteiger partial charge in [-0.15, -0.1) is 0 Å². The predicted octanol–water partition coefficient (Wildman–Crippen LogP) is 6.22. The second-order valence-electron chi connectivity index (χ2n) is 6.14. The highest BCUT2D eigenvalue weighted by molar-refractivity contribution is 6.28. The summed E-state index contributed by atoms with van der Waals surface area (Å²) < 4.78 is 68.3. The molecule has 0 fully saturated rings. The average molecular weight is 434 g/mol. The highest BCUT2D eigenvalue weighted by Gasteiger charge is 2.26. The second kappa shape index (κ2) is 7.79. The van der Waals surface area contributed by atoms with Crippen molar-refractivity contribution >= 4 is 11.6 Å². The fourth-order valence-corrected chi connectivity index (χ4v) is 3.00. The van der Waals surface area contributed by atoms with Crippen molar-refractivity contribution in [1.29, 1.82) is 0 Å². The average Bonchev–Trinajstić information content (AvgIpc) is 2.77. The van der Waals surface area contributed by atoms with Gasteiger partial charge in [-0.3, -0.25) is 0 Å². The molecule has 1 heterocycles. The van der Waals surface area contributed by atoms with Crippen LogP contribution in [-0.4, -0.2) is 15.0 Å². The molecule has 0 aliphatic heterocycles. The van der Waals surface area contributed by atoms with E-state index in [1.54, 1.807) is 24.3 Å². The molecule has 3 nitrogen and oxygen atoms in total. The van der Waals surface area contributed by atoms with Crippen molar-refractivity contribution in [3.05, 3.63) is 89.0 Å². The topological polar surface area (TPSA) is 38.7 Å². The lowest BCUT2D eigenvalue weighted by Gasteiger charge is -2.09. The summed E-state index contributed by atoms with van der Waals surface area (Å²) in [6.07, 6.45) is 0. The lowest BCUT2D eigenvalue weighted by Crippen LogP contribution is -2.04. The summed E-state index contributed by atoms with van der Waals surface area (Å²) in [7, 11) is 0. The SMILES string of the molecule is Fc1c(F)c(F)c(-c2ccc(-c3nc(Cl)nc(-c4ccccc4)n3)cc2)c(F)c1F. The van der Waals surface area contributed by atoms with Crippen molar-refractivity contribution in [3.63, 3.8) is 0 Å². The van der Waals surface area contributed by atoms with Crippen molar-refractivity contribution < 1.29 is 22.0 Å². The van der Waals surface area contributed by atoms with Crippen LogP contribution in [0.25, 0.3) is 33.9 Å². The molecule has 0 radical (unpaired) electrons. The van der Waals surface area contributed by atoms with Crippen LogP contribution in [-0.2, 0) is 0 Å². The molecule has 4 aromatic rings. The molecule has 3 aromatic carbocycles. The van der Waals surface area contributed by atoms with E-state index in [4.69, 9.17) is 11.6 Å². The quantitative estimate of drug-likeness (QED) is 0.219. The number of rotatable bonds is 3. The van der Waals surface area contributed by atoms with Gasteiger partial charge < -0.3 is 0 Å². The van der Waals surface area contributed by atoms with Crippen LogP contribution in [0, 0.1) is 29.1 Å². The normalized spacial score (nSPS) is 11.0. The van der Waals surface area contributed by atoms with Crippen LogP contribution in [0.4, 0.5) is 22.0 Å². The summed E-state index contributed by atoms with van der Waals surface area (Å²) in [4.78, 5) is 12.4. The van der Waals surface area contributed by atoms with Gasteiger partial charge in [0.05, 0.1) is 5.56 Å². The maximum absolute atomic E-state index is 14.0. The molecule has 1 aromatic heterocycles. The highest BCUT2D eigenvalue weighted by atomic mass is 35.5. The van der Waals surface area contributed by atoms with E-state index in [9.17, 15) is 22.0 Å². The summed E-state index contributed by atoms with van der Waals surface area (Å²) in [5, 5.41) is -0.0669. The summed E-state index contributed by atoms with van der Waals surface area (Å²) in [5.41, 5.74) is -0.114. The zero-order chi connectivity index (χ0) is 21.4. The number of halogens is 6. The number of benzene rings is 3. The van der Waals surface area contributed by atoms with Crippen molar-refractivity contribution in [3.8, 4) is 33.9 Å². The van der Waals surface area contributed by atoms with Crippen LogP contribution in [0.3, 0.4) is 0 Å². The summed E-state index contributed by atoms with van der Waals surface area (Å²) in [6, 6.07) is 14.1. The fourth-order valence-electron chi connectivity index (χ4n) is 2.84. The molecule has 0 spiro atoms. The monoisotopic (exact) mass is 433 g/mol. The third-order valence-electron chi connectivity index (χ3n) is 4.28. The Morgan fingerprint density at radius 2 is 0.933 bits per heavy atom. The molecular formula is C21H9ClF5N3. The number of nitrogens with zero attached hydrogens (tertiary/aromatic N) is 3. The van der Waals surface area contributed by atoms with E-state index in [0.717, 1.165) is 0 Å². The van der Waals surface area contributed by atoms with Crippen molar-refractivity contribution in [2.45, 2.75) is 0 Å². The fraction of sp³-hybridized carbons (Fsp3) is 0. The molecule has 0 aliphatic rings. The largest absolute Gasteiger partial charge is 0.226 e. The number of hydrogen-bond donors (Lipinski definition) is 0. The summed E-state index contributed by atoms with van der Waals surface area (Å²) in [5.74, 6) is -9.55. The standard InChI is InChI=1S/C21H9ClF5N3/c22-21-29-19(11-4-2-1-3-5-11)28-20(30-21)12-8-6-10(7-9-12)13-14(23)16(25)18(27)17(26)15(13)24/h1-9H. The van der Waals surface area contributed by atoms with E-state index in [-0.39, 0.29) is 16.7 Å². The first-order chi connectivity index (χ1) is 14.4. The van der Waals surface area contributed by atoms with Gasteiger partial charge in [-0.2, -0.15) is 9.97 Å². The first-order valence-electron chi connectivity index (χ1n) is 8.46.